The zero-order valence-corrected chi connectivity index (χ0v) is 30.2. The van der Waals surface area contributed by atoms with Gasteiger partial charge in [0.15, 0.2) is 5.78 Å². The Morgan fingerprint density at radius 2 is 1.55 bits per heavy atom. The first-order chi connectivity index (χ1) is 26.0. The Morgan fingerprint density at radius 1 is 0.891 bits per heavy atom. The van der Waals surface area contributed by atoms with E-state index in [1.807, 2.05) is 0 Å². The zero-order chi connectivity index (χ0) is 40.1. The highest BCUT2D eigenvalue weighted by atomic mass is 32.2. The maximum atomic E-state index is 15.6. The Labute approximate surface area is 312 Å². The number of halogens is 7. The topological polar surface area (TPSA) is 114 Å². The molecular weight excluding hydrogens is 759 g/mol. The van der Waals surface area contributed by atoms with Crippen molar-refractivity contribution < 1.29 is 58.2 Å². The lowest BCUT2D eigenvalue weighted by atomic mass is 9.81. The van der Waals surface area contributed by atoms with Crippen molar-refractivity contribution in [3.05, 3.63) is 130 Å². The molecule has 0 radical (unpaired) electrons. The molecule has 55 heavy (non-hydrogen) atoms. The molecule has 0 bridgehead atoms. The van der Waals surface area contributed by atoms with Gasteiger partial charge in [-0.05, 0) is 96.6 Å². The van der Waals surface area contributed by atoms with Gasteiger partial charge < -0.3 is 20.1 Å². The van der Waals surface area contributed by atoms with Crippen LogP contribution in [0.4, 0.5) is 35.5 Å². The maximum Gasteiger partial charge on any atom is 0.573 e. The van der Waals surface area contributed by atoms with Gasteiger partial charge in [0.1, 0.15) is 35.1 Å². The fourth-order valence-electron chi connectivity index (χ4n) is 6.79. The van der Waals surface area contributed by atoms with E-state index in [1.54, 1.807) is 6.92 Å². The molecule has 0 saturated carbocycles. The minimum absolute atomic E-state index is 0.0403. The van der Waals surface area contributed by atoms with Gasteiger partial charge in [-0.25, -0.2) is 30.8 Å². The number of alkyl halides is 3. The molecule has 0 unspecified atom stereocenters. The van der Waals surface area contributed by atoms with Gasteiger partial charge in [0, 0.05) is 43.6 Å². The molecule has 294 valence electrons. The number of hydrogen-bond acceptors (Lipinski definition) is 7. The molecule has 4 aromatic carbocycles. The first-order valence-corrected chi connectivity index (χ1v) is 18.4. The number of rotatable bonds is 13. The third kappa shape index (κ3) is 10.2. The Balaban J connectivity index is 1.44. The van der Waals surface area contributed by atoms with E-state index >= 15 is 4.39 Å². The number of Topliss-reactive ketones (excluding diaryl/α,β-unsaturated/α-hetero) is 1. The Bertz CT molecular complexity index is 2080. The number of carbonyl (C=O) groups excluding carboxylic acids is 2. The fraction of sp³-hybridized carbons (Fsp3) is 0.316. The summed E-state index contributed by atoms with van der Waals surface area (Å²) in [7, 11) is -3.24. The molecule has 1 aliphatic rings. The highest BCUT2D eigenvalue weighted by Gasteiger charge is 2.39. The van der Waals surface area contributed by atoms with Crippen molar-refractivity contribution in [1.82, 2.24) is 14.9 Å². The second kappa shape index (κ2) is 17.2. The van der Waals surface area contributed by atoms with Crippen molar-refractivity contribution in [2.24, 2.45) is 0 Å². The molecule has 0 aromatic heterocycles. The summed E-state index contributed by atoms with van der Waals surface area (Å²) in [6, 6.07) is 12.1. The van der Waals surface area contributed by atoms with E-state index in [0.29, 0.717) is 6.07 Å². The van der Waals surface area contributed by atoms with Crippen LogP contribution in [-0.4, -0.2) is 69.3 Å². The maximum absolute atomic E-state index is 15.6. The van der Waals surface area contributed by atoms with E-state index in [-0.39, 0.29) is 53.1 Å². The van der Waals surface area contributed by atoms with Crippen LogP contribution in [-0.2, 0) is 32.4 Å². The standard InChI is InChI=1S/C38H36F7N3O6S/c1-22-20-46-21-29(48(22)55(51,52)31-13-11-30(12-14-31)54-38(43,44)45)10-15-32-24(4-3-5-33(32)42)18-34(49)36(47-37(50)53-2)35(23-6-8-26(39)9-7-23)25-16-27(40)19-28(41)17-25/h3-9,11-14,16-17,19,22,29,35-36,46H,10,15,18,20-21H2,1-2H3,(H,47,50)/t22-,29+,35+,36-/m1/s1. The van der Waals surface area contributed by atoms with Crippen LogP contribution in [0.15, 0.2) is 89.8 Å². The van der Waals surface area contributed by atoms with E-state index < -0.39 is 87.7 Å². The van der Waals surface area contributed by atoms with Crippen molar-refractivity contribution in [3.8, 4) is 5.75 Å². The number of alkyl carbamates (subject to hydrolysis) is 1. The molecule has 5 rings (SSSR count). The number of ether oxygens (including phenoxy) is 2. The average Bonchev–Trinajstić information content (AvgIpc) is 3.10. The third-order valence-electron chi connectivity index (χ3n) is 9.17. The number of methoxy groups -OCH3 is 1. The molecule has 1 saturated heterocycles. The summed E-state index contributed by atoms with van der Waals surface area (Å²) in [4.78, 5) is 26.5. The van der Waals surface area contributed by atoms with Crippen LogP contribution in [0.25, 0.3) is 0 Å². The highest BCUT2D eigenvalue weighted by Crippen LogP contribution is 2.33. The second-order valence-electron chi connectivity index (χ2n) is 12.9. The van der Waals surface area contributed by atoms with Gasteiger partial charge in [-0.1, -0.05) is 24.3 Å². The lowest BCUT2D eigenvalue weighted by molar-refractivity contribution is -0.274. The smallest absolute Gasteiger partial charge is 0.453 e. The Hall–Kier alpha value is -5.00. The van der Waals surface area contributed by atoms with Gasteiger partial charge in [-0.3, -0.25) is 4.79 Å². The van der Waals surface area contributed by atoms with Crippen molar-refractivity contribution >= 4 is 21.9 Å². The summed E-state index contributed by atoms with van der Waals surface area (Å²) in [5.41, 5.74) is 0.382. The number of hydrogen-bond donors (Lipinski definition) is 2. The molecule has 1 aliphatic heterocycles. The van der Waals surface area contributed by atoms with Crippen LogP contribution < -0.4 is 15.4 Å². The second-order valence-corrected chi connectivity index (χ2v) is 14.8. The summed E-state index contributed by atoms with van der Waals surface area (Å²) in [5, 5.41) is 5.56. The molecule has 4 atom stereocenters. The van der Waals surface area contributed by atoms with Crippen LogP contribution in [0.2, 0.25) is 0 Å². The highest BCUT2D eigenvalue weighted by molar-refractivity contribution is 7.89. The number of nitrogens with zero attached hydrogens (tertiary/aromatic N) is 1. The van der Waals surface area contributed by atoms with E-state index in [0.717, 1.165) is 61.7 Å². The summed E-state index contributed by atoms with van der Waals surface area (Å²) >= 11 is 0. The molecule has 4 aromatic rings. The number of sulfonamides is 1. The molecule has 0 spiro atoms. The van der Waals surface area contributed by atoms with Crippen LogP contribution in [0, 0.1) is 23.3 Å². The van der Waals surface area contributed by atoms with Crippen LogP contribution >= 0.6 is 0 Å². The van der Waals surface area contributed by atoms with Crippen molar-refractivity contribution in [1.29, 1.82) is 0 Å². The molecular formula is C38H36F7N3O6S. The fourth-order valence-corrected chi connectivity index (χ4v) is 8.64. The molecule has 2 N–H and O–H groups in total. The summed E-state index contributed by atoms with van der Waals surface area (Å²) in [6.07, 6.45) is -6.59. The predicted molar refractivity (Wildman–Crippen MR) is 186 cm³/mol. The molecule has 1 amide bonds. The zero-order valence-electron chi connectivity index (χ0n) is 29.4. The normalized spacial score (nSPS) is 17.6. The van der Waals surface area contributed by atoms with Gasteiger partial charge >= 0.3 is 12.5 Å². The Kier molecular flexibility index (Phi) is 12.9. The monoisotopic (exact) mass is 795 g/mol. The number of ketones is 1. The van der Waals surface area contributed by atoms with Gasteiger partial charge in [-0.15, -0.1) is 13.2 Å². The SMILES string of the molecule is COC(=O)N[C@H](C(=O)Cc1cccc(F)c1CC[C@H]1CNC[C@@H](C)N1S(=O)(=O)c1ccc(OC(F)(F)F)cc1)[C@@H](c1ccc(F)cc1)c1cc(F)cc(F)c1. The van der Waals surface area contributed by atoms with E-state index in [1.165, 1.54) is 28.6 Å². The van der Waals surface area contributed by atoms with Crippen LogP contribution in [0.3, 0.4) is 0 Å². The third-order valence-corrected chi connectivity index (χ3v) is 11.2. The first-order valence-electron chi connectivity index (χ1n) is 16.9. The lowest BCUT2D eigenvalue weighted by Gasteiger charge is -2.40. The van der Waals surface area contributed by atoms with Crippen LogP contribution in [0.1, 0.15) is 41.5 Å². The van der Waals surface area contributed by atoms with E-state index in [2.05, 4.69) is 15.4 Å². The molecule has 1 fully saturated rings. The summed E-state index contributed by atoms with van der Waals surface area (Å²) < 4.78 is 134. The first kappa shape index (κ1) is 41.2. The van der Waals surface area contributed by atoms with Gasteiger partial charge in [0.2, 0.25) is 10.0 Å². The van der Waals surface area contributed by atoms with Crippen molar-refractivity contribution in [3.63, 3.8) is 0 Å². The van der Waals surface area contributed by atoms with E-state index in [9.17, 15) is 44.3 Å². The number of amides is 1. The lowest BCUT2D eigenvalue weighted by Crippen LogP contribution is -2.58. The number of piperazine rings is 1. The Morgan fingerprint density at radius 3 is 2.16 bits per heavy atom. The number of benzene rings is 4. The summed E-state index contributed by atoms with van der Waals surface area (Å²) in [5.74, 6) is -5.90. The minimum atomic E-state index is -4.97. The van der Waals surface area contributed by atoms with Crippen molar-refractivity contribution in [2.75, 3.05) is 20.2 Å². The molecule has 0 aliphatic carbocycles. The predicted octanol–water partition coefficient (Wildman–Crippen LogP) is 6.79. The van der Waals surface area contributed by atoms with Gasteiger partial charge in [0.05, 0.1) is 12.0 Å². The molecule has 17 heteroatoms. The largest absolute Gasteiger partial charge is 0.573 e. The number of carbonyl (C=O) groups is 2. The quantitative estimate of drug-likeness (QED) is 0.143. The molecule has 9 nitrogen and oxygen atoms in total. The van der Waals surface area contributed by atoms with Crippen molar-refractivity contribution in [2.45, 2.75) is 61.5 Å². The van der Waals surface area contributed by atoms with Gasteiger partial charge in [0.25, 0.3) is 0 Å². The van der Waals surface area contributed by atoms with Gasteiger partial charge in [-0.2, -0.15) is 4.31 Å². The summed E-state index contributed by atoms with van der Waals surface area (Å²) in [6.45, 7) is 2.04. The minimum Gasteiger partial charge on any atom is -0.453 e. The molecule has 1 heterocycles. The average molecular weight is 796 g/mol. The van der Waals surface area contributed by atoms with Crippen LogP contribution in [0.5, 0.6) is 5.75 Å². The number of nitrogens with one attached hydrogen (secondary N) is 2. The van der Waals surface area contributed by atoms with E-state index in [4.69, 9.17) is 4.74 Å².